The van der Waals surface area contributed by atoms with E-state index in [4.69, 9.17) is 4.74 Å². The molecule has 1 amide bonds. The maximum absolute atomic E-state index is 12.9. The fourth-order valence-electron chi connectivity index (χ4n) is 5.98. The third kappa shape index (κ3) is 3.76. The van der Waals surface area contributed by atoms with E-state index in [2.05, 4.69) is 64.4 Å². The van der Waals surface area contributed by atoms with Gasteiger partial charge in [-0.15, -0.1) is 0 Å². The summed E-state index contributed by atoms with van der Waals surface area (Å²) in [6.45, 7) is 7.60. The van der Waals surface area contributed by atoms with Crippen molar-refractivity contribution in [2.45, 2.75) is 45.3 Å². The van der Waals surface area contributed by atoms with E-state index in [0.29, 0.717) is 5.92 Å². The molecule has 1 unspecified atom stereocenters. The molecule has 3 aliphatic heterocycles. The van der Waals surface area contributed by atoms with Crippen molar-refractivity contribution in [2.24, 2.45) is 11.3 Å². The van der Waals surface area contributed by atoms with Gasteiger partial charge in [-0.1, -0.05) is 38.1 Å². The highest BCUT2D eigenvalue weighted by atomic mass is 16.6. The maximum Gasteiger partial charge on any atom is 0.407 e. The van der Waals surface area contributed by atoms with Crippen molar-refractivity contribution < 1.29 is 9.53 Å². The Hall–Kier alpha value is -2.99. The molecule has 33 heavy (non-hydrogen) atoms. The summed E-state index contributed by atoms with van der Waals surface area (Å²) in [6, 6.07) is 12.7. The summed E-state index contributed by atoms with van der Waals surface area (Å²) in [6.07, 6.45) is 6.37. The lowest BCUT2D eigenvalue weighted by atomic mass is 9.85. The molecule has 1 aliphatic carbocycles. The number of fused-ring (bicyclic) bond motifs is 5. The number of carbonyl (C=O) groups is 1. The van der Waals surface area contributed by atoms with Crippen LogP contribution in [0.25, 0.3) is 22.2 Å². The summed E-state index contributed by atoms with van der Waals surface area (Å²) in [7, 11) is 0. The zero-order valence-corrected chi connectivity index (χ0v) is 19.3. The number of ether oxygens (including phenoxy) is 1. The van der Waals surface area contributed by atoms with Gasteiger partial charge in [-0.05, 0) is 78.1 Å². The number of piperidine rings is 3. The van der Waals surface area contributed by atoms with E-state index < -0.39 is 0 Å². The van der Waals surface area contributed by atoms with Gasteiger partial charge in [0.25, 0.3) is 0 Å². The van der Waals surface area contributed by atoms with E-state index in [1.807, 2.05) is 6.07 Å². The van der Waals surface area contributed by atoms with E-state index >= 15 is 0 Å². The van der Waals surface area contributed by atoms with E-state index in [1.54, 1.807) is 12.4 Å². The Morgan fingerprint density at radius 2 is 1.76 bits per heavy atom. The second-order valence-electron chi connectivity index (χ2n) is 10.5. The zero-order valence-electron chi connectivity index (χ0n) is 19.3. The number of hydrogen-bond acceptors (Lipinski definition) is 5. The first kappa shape index (κ1) is 20.6. The predicted octanol–water partition coefficient (Wildman–Crippen LogP) is 4.74. The van der Waals surface area contributed by atoms with Crippen LogP contribution in [-0.2, 0) is 11.2 Å². The maximum atomic E-state index is 12.9. The normalized spacial score (nSPS) is 27.3. The third-order valence-electron chi connectivity index (χ3n) is 7.80. The third-order valence-corrected chi connectivity index (χ3v) is 7.80. The summed E-state index contributed by atoms with van der Waals surface area (Å²) < 4.78 is 5.92. The molecule has 2 aromatic carbocycles. The molecule has 4 aliphatic rings. The average molecular weight is 443 g/mol. The van der Waals surface area contributed by atoms with Crippen molar-refractivity contribution in [3.05, 3.63) is 59.9 Å². The molecule has 1 N–H and O–H groups in total. The largest absolute Gasteiger partial charge is 0.445 e. The molecule has 4 heterocycles. The van der Waals surface area contributed by atoms with E-state index in [9.17, 15) is 4.79 Å². The Balaban J connectivity index is 1.22. The number of benzene rings is 2. The average Bonchev–Trinajstić information content (AvgIpc) is 3.08. The minimum atomic E-state index is -0.281. The summed E-state index contributed by atoms with van der Waals surface area (Å²) in [4.78, 5) is 24.1. The Kier molecular flexibility index (Phi) is 4.87. The molecular formula is C27H30N4O2. The highest BCUT2D eigenvalue weighted by Gasteiger charge is 2.42. The molecule has 2 atom stereocenters. The van der Waals surface area contributed by atoms with Gasteiger partial charge >= 0.3 is 6.09 Å². The Morgan fingerprint density at radius 1 is 1.03 bits per heavy atom. The number of nitrogens with zero attached hydrogens (tertiary/aromatic N) is 3. The smallest absolute Gasteiger partial charge is 0.407 e. The Morgan fingerprint density at radius 3 is 2.52 bits per heavy atom. The monoisotopic (exact) mass is 442 g/mol. The molecule has 6 heteroatoms. The van der Waals surface area contributed by atoms with Crippen molar-refractivity contribution in [2.75, 3.05) is 19.6 Å². The lowest BCUT2D eigenvalue weighted by molar-refractivity contribution is -0.0348. The topological polar surface area (TPSA) is 67.3 Å². The molecule has 0 spiro atoms. The van der Waals surface area contributed by atoms with E-state index in [1.165, 1.54) is 11.1 Å². The van der Waals surface area contributed by atoms with Crippen LogP contribution in [0.2, 0.25) is 0 Å². The van der Waals surface area contributed by atoms with Gasteiger partial charge in [0.1, 0.15) is 6.10 Å². The molecule has 1 aromatic heterocycles. The number of aromatic nitrogens is 2. The molecule has 0 radical (unpaired) electrons. The number of hydrogen-bond donors (Lipinski definition) is 1. The van der Waals surface area contributed by atoms with E-state index in [0.717, 1.165) is 61.1 Å². The van der Waals surface area contributed by atoms with Gasteiger partial charge < -0.3 is 10.1 Å². The standard InChI is InChI=1S/C27H30N4O2/c1-27(2)15-20-13-18(19-4-6-22-23(14-19)29-10-9-28-22)3-5-21(20)25(27)30-26(32)33-24-16-31-11-7-17(24)8-12-31/h3-6,9-10,13-14,17,24-25H,7-8,11-12,15-16H2,1-2H3,(H,30,32)/t24-,25?/m1/s1. The SMILES string of the molecule is CC1(C)Cc2cc(-c3ccc4nccnc4c3)ccc2C1NC(=O)O[C@@H]1CN2CCC1CC2. The fraction of sp³-hybridized carbons (Fsp3) is 0.444. The molecule has 3 fully saturated rings. The van der Waals surface area contributed by atoms with Gasteiger partial charge in [-0.25, -0.2) is 4.79 Å². The Labute approximate surface area is 194 Å². The first-order chi connectivity index (χ1) is 16.0. The molecule has 3 saturated heterocycles. The van der Waals surface area contributed by atoms with Crippen molar-refractivity contribution in [1.82, 2.24) is 20.2 Å². The minimum Gasteiger partial charge on any atom is -0.445 e. The van der Waals surface area contributed by atoms with Gasteiger partial charge in [0.15, 0.2) is 0 Å². The first-order valence-corrected chi connectivity index (χ1v) is 12.0. The molecular weight excluding hydrogens is 412 g/mol. The molecule has 0 saturated carbocycles. The molecule has 3 aromatic rings. The number of amides is 1. The number of nitrogens with one attached hydrogen (secondary N) is 1. The second kappa shape index (κ2) is 7.80. The number of alkyl carbamates (subject to hydrolysis) is 1. The second-order valence-corrected chi connectivity index (χ2v) is 10.5. The lowest BCUT2D eigenvalue weighted by Gasteiger charge is -2.44. The van der Waals surface area contributed by atoms with Crippen LogP contribution in [0.4, 0.5) is 4.79 Å². The highest BCUT2D eigenvalue weighted by Crippen LogP contribution is 2.46. The van der Waals surface area contributed by atoms with Crippen LogP contribution in [0, 0.1) is 11.3 Å². The molecule has 7 rings (SSSR count). The van der Waals surface area contributed by atoms with Crippen LogP contribution in [-0.4, -0.2) is 46.7 Å². The fourth-order valence-corrected chi connectivity index (χ4v) is 5.98. The van der Waals surface area contributed by atoms with Gasteiger partial charge in [0, 0.05) is 18.9 Å². The number of rotatable bonds is 3. The van der Waals surface area contributed by atoms with Crippen LogP contribution in [0.15, 0.2) is 48.8 Å². The minimum absolute atomic E-state index is 0.0230. The summed E-state index contributed by atoms with van der Waals surface area (Å²) in [5, 5.41) is 3.22. The van der Waals surface area contributed by atoms with Crippen molar-refractivity contribution >= 4 is 17.1 Å². The van der Waals surface area contributed by atoms with Gasteiger partial charge in [-0.3, -0.25) is 14.9 Å². The van der Waals surface area contributed by atoms with Crippen molar-refractivity contribution in [3.8, 4) is 11.1 Å². The van der Waals surface area contributed by atoms with Gasteiger partial charge in [-0.2, -0.15) is 0 Å². The zero-order chi connectivity index (χ0) is 22.6. The van der Waals surface area contributed by atoms with Crippen LogP contribution in [0.1, 0.15) is 43.9 Å². The van der Waals surface area contributed by atoms with Crippen LogP contribution in [0.5, 0.6) is 0 Å². The molecule has 6 nitrogen and oxygen atoms in total. The van der Waals surface area contributed by atoms with Crippen LogP contribution in [0.3, 0.4) is 0 Å². The lowest BCUT2D eigenvalue weighted by Crippen LogP contribution is -2.53. The van der Waals surface area contributed by atoms with Crippen LogP contribution < -0.4 is 5.32 Å². The summed E-state index contributed by atoms with van der Waals surface area (Å²) >= 11 is 0. The predicted molar refractivity (Wildman–Crippen MR) is 128 cm³/mol. The first-order valence-electron chi connectivity index (χ1n) is 12.0. The summed E-state index contributed by atoms with van der Waals surface area (Å²) in [5.74, 6) is 0.513. The van der Waals surface area contributed by atoms with Gasteiger partial charge in [0.05, 0.1) is 17.1 Å². The van der Waals surface area contributed by atoms with E-state index in [-0.39, 0.29) is 23.7 Å². The Bertz CT molecular complexity index is 1220. The van der Waals surface area contributed by atoms with Gasteiger partial charge in [0.2, 0.25) is 0 Å². The quantitative estimate of drug-likeness (QED) is 0.635. The highest BCUT2D eigenvalue weighted by molar-refractivity contribution is 5.81. The summed E-state index contributed by atoms with van der Waals surface area (Å²) in [5.41, 5.74) is 6.47. The molecule has 2 bridgehead atoms. The molecule has 170 valence electrons. The van der Waals surface area contributed by atoms with Crippen molar-refractivity contribution in [3.63, 3.8) is 0 Å². The van der Waals surface area contributed by atoms with Crippen molar-refractivity contribution in [1.29, 1.82) is 0 Å². The number of carbonyl (C=O) groups excluding carboxylic acids is 1. The van der Waals surface area contributed by atoms with Crippen LogP contribution >= 0.6 is 0 Å².